The second kappa shape index (κ2) is 9.66. The summed E-state index contributed by atoms with van der Waals surface area (Å²) in [5.41, 5.74) is 5.92. The van der Waals surface area contributed by atoms with E-state index in [1.165, 1.54) is 25.4 Å². The molecule has 1 aliphatic rings. The number of rotatable bonds is 7. The first kappa shape index (κ1) is 23.0. The predicted molar refractivity (Wildman–Crippen MR) is 115 cm³/mol. The molecule has 3 rings (SSSR count). The van der Waals surface area contributed by atoms with Gasteiger partial charge in [-0.1, -0.05) is 17.3 Å². The molecule has 0 spiro atoms. The fraction of sp³-hybridized carbons (Fsp3) is 0.278. The van der Waals surface area contributed by atoms with Crippen molar-refractivity contribution in [2.45, 2.75) is 25.4 Å². The first-order valence-corrected chi connectivity index (χ1v) is 10.3. The van der Waals surface area contributed by atoms with Crippen molar-refractivity contribution >= 4 is 47.1 Å². The van der Waals surface area contributed by atoms with Crippen LogP contribution in [0.1, 0.15) is 28.5 Å². The van der Waals surface area contributed by atoms with Crippen molar-refractivity contribution in [1.29, 1.82) is 0 Å². The lowest BCUT2D eigenvalue weighted by Crippen LogP contribution is -2.54. The number of aromatic carboxylic acids is 1. The van der Waals surface area contributed by atoms with Crippen LogP contribution < -0.4 is 21.0 Å². The number of carboxylic acids is 1. The molecule has 0 aliphatic carbocycles. The van der Waals surface area contributed by atoms with Crippen molar-refractivity contribution in [3.8, 4) is 5.75 Å². The van der Waals surface area contributed by atoms with Crippen LogP contribution >= 0.6 is 11.3 Å². The number of hydrogen-bond donors (Lipinski definition) is 5. The number of oxime groups is 1. The van der Waals surface area contributed by atoms with Crippen LogP contribution in [0.15, 0.2) is 28.7 Å². The van der Waals surface area contributed by atoms with Crippen LogP contribution in [0.3, 0.4) is 0 Å². The normalized spacial score (nSPS) is 16.4. The number of fused-ring (bicyclic) bond motifs is 1. The molecule has 168 valence electrons. The quantitative estimate of drug-likeness (QED) is 0.204. The monoisotopic (exact) mass is 461 g/mol. The Bertz CT molecular complexity index is 1080. The van der Waals surface area contributed by atoms with Crippen LogP contribution in [0, 0.1) is 0 Å². The van der Waals surface area contributed by atoms with Crippen molar-refractivity contribution < 1.29 is 34.0 Å². The molecule has 2 atom stereocenters. The number of amides is 2. The van der Waals surface area contributed by atoms with E-state index in [-0.39, 0.29) is 34.3 Å². The van der Waals surface area contributed by atoms with Crippen molar-refractivity contribution in [2.75, 3.05) is 12.8 Å². The van der Waals surface area contributed by atoms with Gasteiger partial charge in [0, 0.05) is 12.4 Å². The second-order valence-electron chi connectivity index (χ2n) is 6.76. The number of para-hydroxylation sites is 1. The molecule has 0 fully saturated rings. The van der Waals surface area contributed by atoms with Gasteiger partial charge >= 0.3 is 13.1 Å². The fourth-order valence-corrected chi connectivity index (χ4v) is 3.48. The highest BCUT2D eigenvalue weighted by molar-refractivity contribution is 7.13. The third-order valence-corrected chi connectivity index (χ3v) is 5.24. The van der Waals surface area contributed by atoms with Gasteiger partial charge in [-0.25, -0.2) is 9.78 Å². The maximum atomic E-state index is 12.9. The van der Waals surface area contributed by atoms with Gasteiger partial charge in [0.15, 0.2) is 10.8 Å². The molecule has 1 aromatic heterocycles. The highest BCUT2D eigenvalue weighted by Gasteiger charge is 2.38. The Kier molecular flexibility index (Phi) is 6.95. The zero-order valence-electron chi connectivity index (χ0n) is 17.1. The summed E-state index contributed by atoms with van der Waals surface area (Å²) in [6.07, 6.45) is -0.880. The molecule has 0 radical (unpaired) electrons. The Morgan fingerprint density at radius 3 is 2.81 bits per heavy atom. The standard InChI is InChI=1S/C18H20BN5O7S/c1-8(15(25)21-2)31-24-13(11-7-32-18(20)22-11)16(26)23-12-6-9-4-3-5-10(17(27)28)14(9)30-19(12)29/h3-5,7-8,12,29H,6H2,1-2H3,(H2,20,22)(H,21,25)(H,23,26)(H,27,28)/b24-13-. The van der Waals surface area contributed by atoms with Gasteiger partial charge in [0.1, 0.15) is 11.4 Å². The third-order valence-electron chi connectivity index (χ3n) is 4.56. The van der Waals surface area contributed by atoms with E-state index in [2.05, 4.69) is 20.8 Å². The third kappa shape index (κ3) is 4.98. The molecule has 0 saturated carbocycles. The number of nitrogen functional groups attached to an aromatic ring is 1. The van der Waals surface area contributed by atoms with Crippen molar-refractivity contribution in [2.24, 2.45) is 5.16 Å². The molecule has 2 amide bonds. The topological polar surface area (TPSA) is 185 Å². The number of carbonyl (C=O) groups is 3. The molecule has 2 heterocycles. The lowest BCUT2D eigenvalue weighted by molar-refractivity contribution is -0.131. The second-order valence-corrected chi connectivity index (χ2v) is 7.65. The highest BCUT2D eigenvalue weighted by Crippen LogP contribution is 2.30. The molecule has 32 heavy (non-hydrogen) atoms. The fourth-order valence-electron chi connectivity index (χ4n) is 2.94. The number of thiazole rings is 1. The summed E-state index contributed by atoms with van der Waals surface area (Å²) in [6, 6.07) is 4.54. The van der Waals surface area contributed by atoms with Gasteiger partial charge in [-0.3, -0.25) is 9.59 Å². The van der Waals surface area contributed by atoms with Crippen LogP contribution in [-0.2, 0) is 20.8 Å². The van der Waals surface area contributed by atoms with Gasteiger partial charge in [-0.15, -0.1) is 11.3 Å². The Labute approximate surface area is 186 Å². The number of aromatic nitrogens is 1. The molecule has 1 aromatic carbocycles. The Balaban J connectivity index is 1.82. The van der Waals surface area contributed by atoms with Crippen LogP contribution in [0.5, 0.6) is 5.75 Å². The number of benzene rings is 1. The maximum Gasteiger partial charge on any atom is 0.547 e. The largest absolute Gasteiger partial charge is 0.547 e. The number of nitrogens with zero attached hydrogens (tertiary/aromatic N) is 2. The van der Waals surface area contributed by atoms with E-state index in [0.29, 0.717) is 5.56 Å². The summed E-state index contributed by atoms with van der Waals surface area (Å²) >= 11 is 1.08. The van der Waals surface area contributed by atoms with E-state index in [0.717, 1.165) is 11.3 Å². The summed E-state index contributed by atoms with van der Waals surface area (Å²) in [7, 11) is -0.0851. The average molecular weight is 461 g/mol. The van der Waals surface area contributed by atoms with Crippen molar-refractivity contribution in [3.05, 3.63) is 40.4 Å². The predicted octanol–water partition coefficient (Wildman–Crippen LogP) is -0.582. The van der Waals surface area contributed by atoms with E-state index in [1.807, 2.05) is 0 Å². The smallest absolute Gasteiger partial charge is 0.534 e. The van der Waals surface area contributed by atoms with Gasteiger partial charge in [-0.2, -0.15) is 0 Å². The summed E-state index contributed by atoms with van der Waals surface area (Å²) < 4.78 is 5.37. The summed E-state index contributed by atoms with van der Waals surface area (Å²) in [5.74, 6) is -3.29. The van der Waals surface area contributed by atoms with Crippen molar-refractivity contribution in [3.63, 3.8) is 0 Å². The molecule has 0 bridgehead atoms. The minimum absolute atomic E-state index is 0.0434. The summed E-state index contributed by atoms with van der Waals surface area (Å²) in [4.78, 5) is 45.1. The van der Waals surface area contributed by atoms with Gasteiger partial charge in [0.25, 0.3) is 11.8 Å². The molecular weight excluding hydrogens is 441 g/mol. The van der Waals surface area contributed by atoms with Crippen LogP contribution in [0.25, 0.3) is 0 Å². The van der Waals surface area contributed by atoms with Gasteiger partial charge in [0.2, 0.25) is 6.10 Å². The van der Waals surface area contributed by atoms with Crippen LogP contribution in [0.2, 0.25) is 0 Å². The molecule has 1 aliphatic heterocycles. The lowest BCUT2D eigenvalue weighted by Gasteiger charge is -2.28. The first-order valence-electron chi connectivity index (χ1n) is 9.38. The SMILES string of the molecule is CNC(=O)C(C)O/N=C(\C(=O)NC1Cc2cccc(C(=O)O)c2OB1O)c1csc(N)n1. The summed E-state index contributed by atoms with van der Waals surface area (Å²) in [5, 5.41) is 30.1. The van der Waals surface area contributed by atoms with E-state index in [9.17, 15) is 24.5 Å². The van der Waals surface area contributed by atoms with Crippen LogP contribution in [-0.4, -0.2) is 64.8 Å². The minimum Gasteiger partial charge on any atom is -0.534 e. The Hall–Kier alpha value is -3.65. The number of hydrogen-bond acceptors (Lipinski definition) is 10. The zero-order valence-corrected chi connectivity index (χ0v) is 17.9. The minimum atomic E-state index is -1.51. The Morgan fingerprint density at radius 2 is 2.19 bits per heavy atom. The average Bonchev–Trinajstić information content (AvgIpc) is 3.18. The van der Waals surface area contributed by atoms with Gasteiger partial charge < -0.3 is 36.0 Å². The molecule has 2 unspecified atom stereocenters. The first-order chi connectivity index (χ1) is 15.2. The number of carbonyl (C=O) groups excluding carboxylic acids is 2. The molecule has 0 saturated heterocycles. The van der Waals surface area contributed by atoms with Gasteiger partial charge in [0.05, 0.1) is 11.5 Å². The van der Waals surface area contributed by atoms with Crippen LogP contribution in [0.4, 0.5) is 5.13 Å². The number of nitrogens with one attached hydrogen (secondary N) is 2. The van der Waals surface area contributed by atoms with Gasteiger partial charge in [-0.05, 0) is 25.0 Å². The molecule has 6 N–H and O–H groups in total. The van der Waals surface area contributed by atoms with Crippen molar-refractivity contribution in [1.82, 2.24) is 15.6 Å². The maximum absolute atomic E-state index is 12.9. The molecular formula is C18H20BN5O7S. The molecule has 14 heteroatoms. The van der Waals surface area contributed by atoms with E-state index >= 15 is 0 Å². The molecule has 2 aromatic rings. The number of anilines is 1. The van der Waals surface area contributed by atoms with E-state index in [1.54, 1.807) is 12.1 Å². The lowest BCUT2D eigenvalue weighted by atomic mass is 9.72. The number of nitrogens with two attached hydrogens (primary N) is 1. The summed E-state index contributed by atoms with van der Waals surface area (Å²) in [6.45, 7) is 1.45. The van der Waals surface area contributed by atoms with E-state index < -0.39 is 36.9 Å². The number of likely N-dealkylation sites (N-methyl/N-ethyl adjacent to an activating group) is 1. The van der Waals surface area contributed by atoms with E-state index in [4.69, 9.17) is 15.2 Å². The molecule has 12 nitrogen and oxygen atoms in total. The highest BCUT2D eigenvalue weighted by atomic mass is 32.1. The zero-order chi connectivity index (χ0) is 23.4. The Morgan fingerprint density at radius 1 is 1.44 bits per heavy atom. The number of carboxylic acid groups (broad SMARTS) is 1.